The Labute approximate surface area is 123 Å². The Kier molecular flexibility index (Phi) is 5.22. The highest BCUT2D eigenvalue weighted by Gasteiger charge is 2.41. The molecule has 1 aliphatic carbocycles. The van der Waals surface area contributed by atoms with Gasteiger partial charge in [0.1, 0.15) is 0 Å². The van der Waals surface area contributed by atoms with E-state index in [1.807, 2.05) is 0 Å². The van der Waals surface area contributed by atoms with E-state index in [4.69, 9.17) is 4.74 Å². The molecule has 0 aliphatic heterocycles. The van der Waals surface area contributed by atoms with Crippen molar-refractivity contribution >= 4 is 0 Å². The van der Waals surface area contributed by atoms with Crippen LogP contribution in [0, 0.1) is 5.41 Å². The van der Waals surface area contributed by atoms with Crippen LogP contribution in [-0.2, 0) is 4.74 Å². The van der Waals surface area contributed by atoms with Crippen molar-refractivity contribution in [2.45, 2.75) is 52.0 Å². The Balaban J connectivity index is 1.84. The molecule has 1 N–H and O–H groups in total. The summed E-state index contributed by atoms with van der Waals surface area (Å²) in [6.07, 6.45) is 3.89. The van der Waals surface area contributed by atoms with Crippen LogP contribution in [0.4, 0.5) is 0 Å². The summed E-state index contributed by atoms with van der Waals surface area (Å²) in [4.78, 5) is 0. The summed E-state index contributed by atoms with van der Waals surface area (Å²) >= 11 is 0. The van der Waals surface area contributed by atoms with Crippen LogP contribution in [0.25, 0.3) is 0 Å². The lowest BCUT2D eigenvalue weighted by atomic mass is 9.98. The number of rotatable bonds is 8. The van der Waals surface area contributed by atoms with Crippen molar-refractivity contribution in [1.82, 2.24) is 5.32 Å². The molecule has 0 radical (unpaired) electrons. The Morgan fingerprint density at radius 1 is 1.10 bits per heavy atom. The van der Waals surface area contributed by atoms with E-state index >= 15 is 0 Å². The Morgan fingerprint density at radius 2 is 1.70 bits per heavy atom. The molecule has 0 amide bonds. The molecule has 1 atom stereocenters. The maximum atomic E-state index is 5.22. The molecular formula is C18H29NO. The van der Waals surface area contributed by atoms with E-state index in [1.54, 1.807) is 7.11 Å². The first-order valence-corrected chi connectivity index (χ1v) is 7.88. The smallest absolute Gasteiger partial charge is 0.0468 e. The van der Waals surface area contributed by atoms with Gasteiger partial charge >= 0.3 is 0 Å². The summed E-state index contributed by atoms with van der Waals surface area (Å²) in [6, 6.07) is 9.48. The SMILES string of the molecule is COCCC1(CNC(C)c2ccc(C(C)C)cc2)CC1. The fraction of sp³-hybridized carbons (Fsp3) is 0.667. The van der Waals surface area contributed by atoms with E-state index in [0.29, 0.717) is 17.4 Å². The summed E-state index contributed by atoms with van der Waals surface area (Å²) < 4.78 is 5.22. The van der Waals surface area contributed by atoms with Gasteiger partial charge in [-0.1, -0.05) is 38.1 Å². The molecule has 2 heteroatoms. The molecule has 0 heterocycles. The standard InChI is InChI=1S/C18H29NO/c1-14(2)16-5-7-17(8-6-16)15(3)19-13-18(9-10-18)11-12-20-4/h5-8,14-15,19H,9-13H2,1-4H3. The van der Waals surface area contributed by atoms with Crippen LogP contribution in [0.3, 0.4) is 0 Å². The second-order valence-corrected chi connectivity index (χ2v) is 6.67. The molecule has 1 fully saturated rings. The second-order valence-electron chi connectivity index (χ2n) is 6.67. The quantitative estimate of drug-likeness (QED) is 0.764. The van der Waals surface area contributed by atoms with E-state index in [1.165, 1.54) is 30.4 Å². The molecule has 0 saturated heterocycles. The number of methoxy groups -OCH3 is 1. The number of hydrogen-bond acceptors (Lipinski definition) is 2. The molecule has 0 bridgehead atoms. The molecule has 1 saturated carbocycles. The highest BCUT2D eigenvalue weighted by molar-refractivity contribution is 5.26. The third kappa shape index (κ3) is 4.07. The highest BCUT2D eigenvalue weighted by Crippen LogP contribution is 2.48. The summed E-state index contributed by atoms with van der Waals surface area (Å²) in [5.41, 5.74) is 3.32. The van der Waals surface area contributed by atoms with Gasteiger partial charge in [0, 0.05) is 26.3 Å². The molecule has 2 nitrogen and oxygen atoms in total. The van der Waals surface area contributed by atoms with E-state index in [0.717, 1.165) is 13.2 Å². The minimum atomic E-state index is 0.427. The van der Waals surface area contributed by atoms with E-state index < -0.39 is 0 Å². The van der Waals surface area contributed by atoms with Gasteiger partial charge in [-0.05, 0) is 48.6 Å². The molecule has 112 valence electrons. The maximum Gasteiger partial charge on any atom is 0.0468 e. The minimum Gasteiger partial charge on any atom is -0.385 e. The van der Waals surface area contributed by atoms with Gasteiger partial charge in [-0.3, -0.25) is 0 Å². The van der Waals surface area contributed by atoms with Crippen molar-refractivity contribution < 1.29 is 4.74 Å². The van der Waals surface area contributed by atoms with Crippen molar-refractivity contribution in [3.8, 4) is 0 Å². The zero-order valence-corrected chi connectivity index (χ0v) is 13.4. The molecule has 2 rings (SSSR count). The summed E-state index contributed by atoms with van der Waals surface area (Å²) in [6.45, 7) is 8.74. The van der Waals surface area contributed by atoms with Crippen LogP contribution >= 0.6 is 0 Å². The first kappa shape index (κ1) is 15.5. The molecule has 0 spiro atoms. The van der Waals surface area contributed by atoms with E-state index in [2.05, 4.69) is 50.4 Å². The van der Waals surface area contributed by atoms with Crippen molar-refractivity contribution in [3.05, 3.63) is 35.4 Å². The van der Waals surface area contributed by atoms with Crippen LogP contribution in [0.1, 0.15) is 63.1 Å². The van der Waals surface area contributed by atoms with Crippen molar-refractivity contribution in [2.75, 3.05) is 20.3 Å². The Bertz CT molecular complexity index is 406. The lowest BCUT2D eigenvalue weighted by Crippen LogP contribution is -2.27. The average Bonchev–Trinajstić information content (AvgIpc) is 3.23. The predicted octanol–water partition coefficient (Wildman–Crippen LogP) is 4.28. The van der Waals surface area contributed by atoms with Gasteiger partial charge in [-0.2, -0.15) is 0 Å². The topological polar surface area (TPSA) is 21.3 Å². The van der Waals surface area contributed by atoms with Gasteiger partial charge < -0.3 is 10.1 Å². The average molecular weight is 275 g/mol. The third-order valence-electron chi connectivity index (χ3n) is 4.68. The molecule has 1 aliphatic rings. The second kappa shape index (κ2) is 6.73. The van der Waals surface area contributed by atoms with Gasteiger partial charge in [-0.15, -0.1) is 0 Å². The highest BCUT2D eigenvalue weighted by atomic mass is 16.5. The van der Waals surface area contributed by atoms with Gasteiger partial charge in [0.15, 0.2) is 0 Å². The minimum absolute atomic E-state index is 0.427. The fourth-order valence-electron chi connectivity index (χ4n) is 2.67. The normalized spacial score (nSPS) is 18.2. The number of benzene rings is 1. The third-order valence-corrected chi connectivity index (χ3v) is 4.68. The van der Waals surface area contributed by atoms with Crippen LogP contribution in [0.15, 0.2) is 24.3 Å². The lowest BCUT2D eigenvalue weighted by molar-refractivity contribution is 0.170. The first-order chi connectivity index (χ1) is 9.56. The van der Waals surface area contributed by atoms with Gasteiger partial charge in [0.05, 0.1) is 0 Å². The van der Waals surface area contributed by atoms with Crippen molar-refractivity contribution in [2.24, 2.45) is 5.41 Å². The summed E-state index contributed by atoms with van der Waals surface area (Å²) in [5.74, 6) is 0.607. The van der Waals surface area contributed by atoms with Crippen LogP contribution in [0.5, 0.6) is 0 Å². The molecular weight excluding hydrogens is 246 g/mol. The van der Waals surface area contributed by atoms with Crippen molar-refractivity contribution in [3.63, 3.8) is 0 Å². The predicted molar refractivity (Wildman–Crippen MR) is 85.1 cm³/mol. The fourth-order valence-corrected chi connectivity index (χ4v) is 2.67. The zero-order valence-electron chi connectivity index (χ0n) is 13.4. The summed E-state index contributed by atoms with van der Waals surface area (Å²) in [7, 11) is 1.79. The molecule has 1 aromatic rings. The summed E-state index contributed by atoms with van der Waals surface area (Å²) in [5, 5.41) is 3.70. The number of nitrogens with one attached hydrogen (secondary N) is 1. The Hall–Kier alpha value is -0.860. The maximum absolute atomic E-state index is 5.22. The molecule has 1 aromatic carbocycles. The van der Waals surface area contributed by atoms with Crippen molar-refractivity contribution in [1.29, 1.82) is 0 Å². The number of ether oxygens (including phenoxy) is 1. The van der Waals surface area contributed by atoms with Crippen LogP contribution in [0.2, 0.25) is 0 Å². The molecule has 0 aromatic heterocycles. The van der Waals surface area contributed by atoms with Gasteiger partial charge in [-0.25, -0.2) is 0 Å². The molecule has 1 unspecified atom stereocenters. The van der Waals surface area contributed by atoms with Gasteiger partial charge in [0.25, 0.3) is 0 Å². The zero-order chi connectivity index (χ0) is 14.6. The number of hydrogen-bond donors (Lipinski definition) is 1. The van der Waals surface area contributed by atoms with E-state index in [-0.39, 0.29) is 0 Å². The largest absolute Gasteiger partial charge is 0.385 e. The lowest BCUT2D eigenvalue weighted by Gasteiger charge is -2.20. The Morgan fingerprint density at radius 3 is 2.20 bits per heavy atom. The van der Waals surface area contributed by atoms with E-state index in [9.17, 15) is 0 Å². The van der Waals surface area contributed by atoms with Gasteiger partial charge in [0.2, 0.25) is 0 Å². The van der Waals surface area contributed by atoms with Crippen LogP contribution in [-0.4, -0.2) is 20.3 Å². The van der Waals surface area contributed by atoms with Crippen LogP contribution < -0.4 is 5.32 Å². The first-order valence-electron chi connectivity index (χ1n) is 7.88. The molecule has 20 heavy (non-hydrogen) atoms. The monoisotopic (exact) mass is 275 g/mol.